The molecule has 18 heavy (non-hydrogen) atoms. The number of benzene rings is 1. The summed E-state index contributed by atoms with van der Waals surface area (Å²) >= 11 is 3.43. The Morgan fingerprint density at radius 1 is 1.56 bits per heavy atom. The van der Waals surface area contributed by atoms with Crippen LogP contribution in [0.15, 0.2) is 28.7 Å². The second kappa shape index (κ2) is 5.87. The minimum absolute atomic E-state index is 0.0611. The van der Waals surface area contributed by atoms with Gasteiger partial charge in [0.25, 0.3) is 0 Å². The molecule has 1 heterocycles. The van der Waals surface area contributed by atoms with E-state index in [1.807, 2.05) is 29.2 Å². The zero-order chi connectivity index (χ0) is 13.0. The highest BCUT2D eigenvalue weighted by atomic mass is 79.9. The van der Waals surface area contributed by atoms with Gasteiger partial charge in [0.05, 0.1) is 12.5 Å². The van der Waals surface area contributed by atoms with Crippen LogP contribution in [-0.2, 0) is 4.79 Å². The molecule has 1 N–H and O–H groups in total. The number of hydrogen-bond donors (Lipinski definition) is 1. The fraction of sp³-hybridized carbons (Fsp3) is 0.385. The van der Waals surface area contributed by atoms with E-state index in [1.54, 1.807) is 0 Å². The van der Waals surface area contributed by atoms with Gasteiger partial charge in [-0.25, -0.2) is 0 Å². The van der Waals surface area contributed by atoms with E-state index in [9.17, 15) is 4.79 Å². The Bertz CT molecular complexity index is 483. The highest BCUT2D eigenvalue weighted by molar-refractivity contribution is 9.10. The quantitative estimate of drug-likeness (QED) is 0.910. The Kier molecular flexibility index (Phi) is 4.21. The highest BCUT2D eigenvalue weighted by Gasteiger charge is 2.28. The molecule has 1 atom stereocenters. The van der Waals surface area contributed by atoms with Gasteiger partial charge in [-0.05, 0) is 24.6 Å². The van der Waals surface area contributed by atoms with Crippen molar-refractivity contribution in [2.75, 3.05) is 18.0 Å². The molecule has 5 heteroatoms. The predicted octanol–water partition coefficient (Wildman–Crippen LogP) is 2.06. The van der Waals surface area contributed by atoms with Crippen LogP contribution in [0.5, 0.6) is 0 Å². The molecule has 1 aliphatic heterocycles. The molecule has 0 radical (unpaired) electrons. The van der Waals surface area contributed by atoms with Gasteiger partial charge in [-0.1, -0.05) is 22.0 Å². The second-order valence-corrected chi connectivity index (χ2v) is 5.11. The first kappa shape index (κ1) is 12.9. The first-order valence-corrected chi connectivity index (χ1v) is 6.68. The van der Waals surface area contributed by atoms with Crippen molar-refractivity contribution in [1.82, 2.24) is 5.32 Å². The number of nitrogens with zero attached hydrogens (tertiary/aromatic N) is 2. The molecule has 4 nitrogen and oxygen atoms in total. The van der Waals surface area contributed by atoms with Crippen molar-refractivity contribution in [3.8, 4) is 6.07 Å². The lowest BCUT2D eigenvalue weighted by atomic mass is 10.1. The van der Waals surface area contributed by atoms with Crippen molar-refractivity contribution in [2.45, 2.75) is 18.9 Å². The van der Waals surface area contributed by atoms with Crippen LogP contribution in [0.3, 0.4) is 0 Å². The third-order valence-electron chi connectivity index (χ3n) is 2.98. The molecule has 0 bridgehead atoms. The summed E-state index contributed by atoms with van der Waals surface area (Å²) in [6.45, 7) is 1.45. The summed E-state index contributed by atoms with van der Waals surface area (Å²) in [5, 5.41) is 11.7. The van der Waals surface area contributed by atoms with Crippen LogP contribution in [0.2, 0.25) is 0 Å². The number of nitrogens with one attached hydrogen (secondary N) is 1. The van der Waals surface area contributed by atoms with E-state index in [2.05, 4.69) is 27.3 Å². The smallest absolute Gasteiger partial charge is 0.243 e. The summed E-state index contributed by atoms with van der Waals surface area (Å²) < 4.78 is 0.973. The van der Waals surface area contributed by atoms with Crippen LogP contribution in [0.25, 0.3) is 0 Å². The molecular formula is C13H14BrN3O. The van der Waals surface area contributed by atoms with Crippen molar-refractivity contribution in [2.24, 2.45) is 0 Å². The summed E-state index contributed by atoms with van der Waals surface area (Å²) in [6.07, 6.45) is 1.10. The average Bonchev–Trinajstić information content (AvgIpc) is 2.53. The molecule has 2 rings (SSSR count). The van der Waals surface area contributed by atoms with Crippen LogP contribution < -0.4 is 10.2 Å². The third kappa shape index (κ3) is 2.82. The minimum Gasteiger partial charge on any atom is -0.359 e. The number of amides is 1. The highest BCUT2D eigenvalue weighted by Crippen LogP contribution is 2.24. The van der Waals surface area contributed by atoms with E-state index in [1.165, 1.54) is 0 Å². The van der Waals surface area contributed by atoms with Crippen LogP contribution in [0, 0.1) is 11.3 Å². The van der Waals surface area contributed by atoms with Gasteiger partial charge < -0.3 is 10.2 Å². The SMILES string of the molecule is N#CCC1C(=O)NCCCN1c1cccc(Br)c1. The molecule has 1 unspecified atom stereocenters. The number of nitriles is 1. The number of carbonyl (C=O) groups is 1. The molecular weight excluding hydrogens is 294 g/mol. The maximum atomic E-state index is 12.0. The van der Waals surface area contributed by atoms with E-state index >= 15 is 0 Å². The van der Waals surface area contributed by atoms with E-state index in [-0.39, 0.29) is 12.3 Å². The monoisotopic (exact) mass is 307 g/mol. The van der Waals surface area contributed by atoms with Crippen molar-refractivity contribution in [3.63, 3.8) is 0 Å². The zero-order valence-corrected chi connectivity index (χ0v) is 11.5. The number of anilines is 1. The minimum atomic E-state index is -0.396. The molecule has 1 aliphatic rings. The summed E-state index contributed by atoms with van der Waals surface area (Å²) in [7, 11) is 0. The fourth-order valence-electron chi connectivity index (χ4n) is 2.13. The first-order chi connectivity index (χ1) is 8.72. The lowest BCUT2D eigenvalue weighted by molar-refractivity contribution is -0.121. The molecule has 1 fully saturated rings. The average molecular weight is 308 g/mol. The standard InChI is InChI=1S/C13H14BrN3O/c14-10-3-1-4-11(9-10)17-8-2-7-16-13(18)12(17)5-6-15/h1,3-4,9,12H,2,5,7-8H2,(H,16,18). The largest absolute Gasteiger partial charge is 0.359 e. The number of rotatable bonds is 2. The third-order valence-corrected chi connectivity index (χ3v) is 3.47. The van der Waals surface area contributed by atoms with E-state index in [0.29, 0.717) is 6.54 Å². The Morgan fingerprint density at radius 3 is 3.11 bits per heavy atom. The van der Waals surface area contributed by atoms with Gasteiger partial charge in [0, 0.05) is 23.2 Å². The van der Waals surface area contributed by atoms with Crippen LogP contribution >= 0.6 is 15.9 Å². The Hall–Kier alpha value is -1.54. The normalized spacial score (nSPS) is 19.9. The molecule has 0 aliphatic carbocycles. The molecule has 94 valence electrons. The summed E-state index contributed by atoms with van der Waals surface area (Å²) in [4.78, 5) is 14.0. The zero-order valence-electron chi connectivity index (χ0n) is 9.90. The molecule has 1 aromatic carbocycles. The predicted molar refractivity (Wildman–Crippen MR) is 73.1 cm³/mol. The first-order valence-electron chi connectivity index (χ1n) is 5.89. The maximum Gasteiger partial charge on any atom is 0.243 e. The lowest BCUT2D eigenvalue weighted by Crippen LogP contribution is -2.44. The molecule has 1 saturated heterocycles. The van der Waals surface area contributed by atoms with Gasteiger partial charge in [-0.3, -0.25) is 4.79 Å². The van der Waals surface area contributed by atoms with Crippen molar-refractivity contribution >= 4 is 27.5 Å². The van der Waals surface area contributed by atoms with Crippen molar-refractivity contribution < 1.29 is 4.79 Å². The summed E-state index contributed by atoms with van der Waals surface area (Å²) in [5.41, 5.74) is 0.974. The van der Waals surface area contributed by atoms with Gasteiger partial charge in [0.15, 0.2) is 0 Å². The summed E-state index contributed by atoms with van der Waals surface area (Å²) in [5.74, 6) is -0.0611. The van der Waals surface area contributed by atoms with E-state index in [4.69, 9.17) is 5.26 Å². The number of hydrogen-bond acceptors (Lipinski definition) is 3. The van der Waals surface area contributed by atoms with Gasteiger partial charge in [0.1, 0.15) is 6.04 Å². The lowest BCUT2D eigenvalue weighted by Gasteiger charge is -2.29. The molecule has 1 amide bonds. The second-order valence-electron chi connectivity index (χ2n) is 4.20. The maximum absolute atomic E-state index is 12.0. The van der Waals surface area contributed by atoms with Crippen LogP contribution in [-0.4, -0.2) is 25.0 Å². The van der Waals surface area contributed by atoms with Gasteiger partial charge >= 0.3 is 0 Å². The Balaban J connectivity index is 2.32. The Labute approximate surface area is 115 Å². The summed E-state index contributed by atoms with van der Waals surface area (Å²) in [6, 6.07) is 9.52. The molecule has 0 spiro atoms. The van der Waals surface area contributed by atoms with Gasteiger partial charge in [-0.2, -0.15) is 5.26 Å². The number of carbonyl (C=O) groups excluding carboxylic acids is 1. The Morgan fingerprint density at radius 2 is 2.39 bits per heavy atom. The van der Waals surface area contributed by atoms with Crippen molar-refractivity contribution in [1.29, 1.82) is 5.26 Å². The molecule has 0 saturated carbocycles. The molecule has 1 aromatic rings. The topological polar surface area (TPSA) is 56.1 Å². The fourth-order valence-corrected chi connectivity index (χ4v) is 2.52. The van der Waals surface area contributed by atoms with Crippen LogP contribution in [0.1, 0.15) is 12.8 Å². The van der Waals surface area contributed by atoms with E-state index in [0.717, 1.165) is 23.1 Å². The molecule has 0 aromatic heterocycles. The van der Waals surface area contributed by atoms with E-state index < -0.39 is 6.04 Å². The van der Waals surface area contributed by atoms with Crippen LogP contribution in [0.4, 0.5) is 5.69 Å². The van der Waals surface area contributed by atoms with Crippen molar-refractivity contribution in [3.05, 3.63) is 28.7 Å². The van der Waals surface area contributed by atoms with Gasteiger partial charge in [-0.15, -0.1) is 0 Å². The number of halogens is 1. The van der Waals surface area contributed by atoms with Gasteiger partial charge in [0.2, 0.25) is 5.91 Å².